The zero-order chi connectivity index (χ0) is 18.8. The minimum atomic E-state index is -0.767. The fourth-order valence-corrected chi connectivity index (χ4v) is 2.99. The molecule has 0 saturated heterocycles. The number of carbonyl (C=O) groups is 1. The molecule has 26 heavy (non-hydrogen) atoms. The molecule has 0 aliphatic heterocycles. The van der Waals surface area contributed by atoms with Crippen molar-refractivity contribution >= 4 is 11.6 Å². The van der Waals surface area contributed by atoms with Gasteiger partial charge in [-0.3, -0.25) is 24.0 Å². The summed E-state index contributed by atoms with van der Waals surface area (Å²) < 4.78 is 14.6. The number of anilines is 1. The van der Waals surface area contributed by atoms with Crippen LogP contribution < -0.4 is 17.0 Å². The van der Waals surface area contributed by atoms with Crippen LogP contribution in [-0.4, -0.2) is 33.3 Å². The van der Waals surface area contributed by atoms with E-state index in [2.05, 4.69) is 4.98 Å². The number of Topliss-reactive ketones (excluding diaryl/α,β-unsaturated/α-hetero) is 1. The molecule has 138 valence electrons. The van der Waals surface area contributed by atoms with E-state index in [0.29, 0.717) is 13.1 Å². The van der Waals surface area contributed by atoms with Crippen molar-refractivity contribution in [2.45, 2.75) is 32.4 Å². The number of hydrogen-bond acceptors (Lipinski definition) is 5. The topological polar surface area (TPSA) is 101 Å². The Hall–Kier alpha value is -2.74. The highest BCUT2D eigenvalue weighted by Crippen LogP contribution is 2.35. The molecule has 1 fully saturated rings. The molecule has 1 aromatic heterocycles. The molecule has 3 N–H and O–H groups in total. The first-order chi connectivity index (χ1) is 12.4. The largest absolute Gasteiger partial charge is 0.384 e. The normalized spacial score (nSPS) is 14.0. The van der Waals surface area contributed by atoms with E-state index in [-0.39, 0.29) is 29.8 Å². The Morgan fingerprint density at radius 3 is 2.73 bits per heavy atom. The van der Waals surface area contributed by atoms with Crippen LogP contribution in [0.2, 0.25) is 0 Å². The van der Waals surface area contributed by atoms with E-state index in [1.807, 2.05) is 6.92 Å². The third kappa shape index (κ3) is 3.75. The van der Waals surface area contributed by atoms with Crippen molar-refractivity contribution in [3.05, 3.63) is 62.0 Å². The third-order valence-corrected chi connectivity index (χ3v) is 4.48. The SMILES string of the molecule is CCN(CC(=O)c1c(N)n(C2CC2)c(=O)[nH]c1=O)Cc1cccc(F)c1. The minimum Gasteiger partial charge on any atom is -0.384 e. The molecule has 0 radical (unpaired) electrons. The van der Waals surface area contributed by atoms with Crippen molar-refractivity contribution < 1.29 is 9.18 Å². The maximum absolute atomic E-state index is 13.3. The van der Waals surface area contributed by atoms with Crippen LogP contribution in [0.1, 0.15) is 41.7 Å². The van der Waals surface area contributed by atoms with Gasteiger partial charge in [0.1, 0.15) is 17.2 Å². The standard InChI is InChI=1S/C18H21FN4O3/c1-2-22(9-11-4-3-5-12(19)8-11)10-14(24)15-16(20)23(13-6-7-13)18(26)21-17(15)25/h3-5,8,13H,2,6-7,9-10,20H2,1H3,(H,21,25,26). The Bertz CT molecular complexity index is 946. The van der Waals surface area contributed by atoms with Crippen molar-refractivity contribution in [1.29, 1.82) is 0 Å². The molecule has 1 aliphatic rings. The molecule has 0 unspecified atom stereocenters. The van der Waals surface area contributed by atoms with E-state index in [4.69, 9.17) is 5.73 Å². The van der Waals surface area contributed by atoms with E-state index in [9.17, 15) is 18.8 Å². The number of carbonyl (C=O) groups excluding carboxylic acids is 1. The fourth-order valence-electron chi connectivity index (χ4n) is 2.99. The van der Waals surface area contributed by atoms with Crippen molar-refractivity contribution in [2.75, 3.05) is 18.8 Å². The predicted molar refractivity (Wildman–Crippen MR) is 95.7 cm³/mol. The van der Waals surface area contributed by atoms with Crippen molar-refractivity contribution in [3.8, 4) is 0 Å². The van der Waals surface area contributed by atoms with Gasteiger partial charge in [-0.15, -0.1) is 0 Å². The summed E-state index contributed by atoms with van der Waals surface area (Å²) in [4.78, 5) is 40.7. The number of benzene rings is 1. The molecule has 1 aromatic carbocycles. The average Bonchev–Trinajstić information content (AvgIpc) is 3.38. The van der Waals surface area contributed by atoms with E-state index >= 15 is 0 Å². The minimum absolute atomic E-state index is 0.0524. The molecule has 1 heterocycles. The zero-order valence-electron chi connectivity index (χ0n) is 14.5. The number of hydrogen-bond donors (Lipinski definition) is 2. The molecule has 0 spiro atoms. The van der Waals surface area contributed by atoms with E-state index in [1.54, 1.807) is 17.0 Å². The summed E-state index contributed by atoms with van der Waals surface area (Å²) in [5.74, 6) is -0.883. The second kappa shape index (κ2) is 7.25. The summed E-state index contributed by atoms with van der Waals surface area (Å²) in [5.41, 5.74) is 5.16. The Morgan fingerprint density at radius 2 is 2.12 bits per heavy atom. The molecule has 0 atom stereocenters. The first kappa shape index (κ1) is 18.1. The number of nitrogen functional groups attached to an aromatic ring is 1. The second-order valence-electron chi connectivity index (χ2n) is 6.48. The summed E-state index contributed by atoms with van der Waals surface area (Å²) in [6.07, 6.45) is 1.59. The van der Waals surface area contributed by atoms with Gasteiger partial charge < -0.3 is 5.73 Å². The van der Waals surface area contributed by atoms with Crippen LogP contribution in [0.25, 0.3) is 0 Å². The number of rotatable bonds is 7. The van der Waals surface area contributed by atoms with E-state index < -0.39 is 17.0 Å². The van der Waals surface area contributed by atoms with Crippen LogP contribution >= 0.6 is 0 Å². The predicted octanol–water partition coefficient (Wildman–Crippen LogP) is 1.30. The van der Waals surface area contributed by atoms with Gasteiger partial charge in [-0.05, 0) is 37.1 Å². The molecule has 0 amide bonds. The van der Waals surface area contributed by atoms with Crippen LogP contribution in [0.5, 0.6) is 0 Å². The summed E-state index contributed by atoms with van der Waals surface area (Å²) in [6, 6.07) is 6.08. The molecular weight excluding hydrogens is 339 g/mol. The summed E-state index contributed by atoms with van der Waals surface area (Å²) >= 11 is 0. The van der Waals surface area contributed by atoms with Gasteiger partial charge in [0.15, 0.2) is 5.78 Å². The van der Waals surface area contributed by atoms with Crippen LogP contribution in [0.3, 0.4) is 0 Å². The Labute approximate surface area is 149 Å². The van der Waals surface area contributed by atoms with Gasteiger partial charge in [-0.2, -0.15) is 0 Å². The molecule has 2 aromatic rings. The van der Waals surface area contributed by atoms with Crippen molar-refractivity contribution in [2.24, 2.45) is 0 Å². The van der Waals surface area contributed by atoms with Gasteiger partial charge in [-0.1, -0.05) is 19.1 Å². The quantitative estimate of drug-likeness (QED) is 0.725. The molecule has 0 bridgehead atoms. The van der Waals surface area contributed by atoms with Gasteiger partial charge in [0.05, 0.1) is 6.54 Å². The van der Waals surface area contributed by atoms with Gasteiger partial charge >= 0.3 is 5.69 Å². The molecule has 3 rings (SSSR count). The lowest BCUT2D eigenvalue weighted by Gasteiger charge is -2.20. The smallest absolute Gasteiger partial charge is 0.330 e. The van der Waals surface area contributed by atoms with Gasteiger partial charge in [-0.25, -0.2) is 9.18 Å². The number of nitrogens with two attached hydrogens (primary N) is 1. The summed E-state index contributed by atoms with van der Waals surface area (Å²) in [7, 11) is 0. The number of nitrogens with one attached hydrogen (secondary N) is 1. The number of H-pyrrole nitrogens is 1. The second-order valence-corrected chi connectivity index (χ2v) is 6.48. The van der Waals surface area contributed by atoms with Crippen LogP contribution in [0, 0.1) is 5.82 Å². The van der Waals surface area contributed by atoms with Gasteiger partial charge in [0, 0.05) is 12.6 Å². The first-order valence-electron chi connectivity index (χ1n) is 8.55. The number of halogens is 1. The first-order valence-corrected chi connectivity index (χ1v) is 8.55. The number of aromatic nitrogens is 2. The molecule has 1 aliphatic carbocycles. The Morgan fingerprint density at radius 1 is 1.38 bits per heavy atom. The summed E-state index contributed by atoms with van der Waals surface area (Å²) in [6.45, 7) is 2.71. The highest BCUT2D eigenvalue weighted by atomic mass is 19.1. The third-order valence-electron chi connectivity index (χ3n) is 4.48. The monoisotopic (exact) mass is 360 g/mol. The zero-order valence-corrected chi connectivity index (χ0v) is 14.5. The highest BCUT2D eigenvalue weighted by molar-refractivity contribution is 6.01. The molecule has 1 saturated carbocycles. The number of nitrogens with zero attached hydrogens (tertiary/aromatic N) is 2. The fraction of sp³-hybridized carbons (Fsp3) is 0.389. The Balaban J connectivity index is 1.83. The number of aromatic amines is 1. The van der Waals surface area contributed by atoms with E-state index in [1.165, 1.54) is 16.7 Å². The summed E-state index contributed by atoms with van der Waals surface area (Å²) in [5, 5.41) is 0. The Kier molecular flexibility index (Phi) is 5.03. The number of likely N-dealkylation sites (N-methyl/N-ethyl adjacent to an activating group) is 1. The van der Waals surface area contributed by atoms with Gasteiger partial charge in [0.2, 0.25) is 0 Å². The lowest BCUT2D eigenvalue weighted by molar-refractivity contribution is 0.0928. The van der Waals surface area contributed by atoms with Crippen molar-refractivity contribution in [1.82, 2.24) is 14.5 Å². The maximum atomic E-state index is 13.3. The molecule has 8 heteroatoms. The average molecular weight is 360 g/mol. The van der Waals surface area contributed by atoms with Gasteiger partial charge in [0.25, 0.3) is 5.56 Å². The van der Waals surface area contributed by atoms with Crippen molar-refractivity contribution in [3.63, 3.8) is 0 Å². The lowest BCUT2D eigenvalue weighted by Crippen LogP contribution is -2.39. The lowest BCUT2D eigenvalue weighted by atomic mass is 10.1. The molecular formula is C18H21FN4O3. The highest BCUT2D eigenvalue weighted by Gasteiger charge is 2.30. The van der Waals surface area contributed by atoms with Crippen LogP contribution in [0.15, 0.2) is 33.9 Å². The number of ketones is 1. The van der Waals surface area contributed by atoms with E-state index in [0.717, 1.165) is 18.4 Å². The molecule has 7 nitrogen and oxygen atoms in total. The maximum Gasteiger partial charge on any atom is 0.330 e. The van der Waals surface area contributed by atoms with Crippen LogP contribution in [-0.2, 0) is 6.54 Å². The van der Waals surface area contributed by atoms with Crippen LogP contribution in [0.4, 0.5) is 10.2 Å².